The van der Waals surface area contributed by atoms with Gasteiger partial charge in [-0.1, -0.05) is 19.1 Å². The predicted molar refractivity (Wildman–Crippen MR) is 78.6 cm³/mol. The van der Waals surface area contributed by atoms with Crippen molar-refractivity contribution in [3.05, 3.63) is 29.8 Å². The van der Waals surface area contributed by atoms with E-state index in [0.717, 1.165) is 12.1 Å². The Bertz CT molecular complexity index is 561. The molecule has 0 saturated carbocycles. The Morgan fingerprint density at radius 1 is 1.35 bits per heavy atom. The fraction of sp³-hybridized carbons (Fsp3) is 0.500. The summed E-state index contributed by atoms with van der Waals surface area (Å²) < 4.78 is 25.7. The quantitative estimate of drug-likeness (QED) is 0.833. The highest BCUT2D eigenvalue weighted by Gasteiger charge is 2.20. The van der Waals surface area contributed by atoms with Crippen molar-refractivity contribution in [1.82, 2.24) is 9.62 Å². The molecule has 6 heteroatoms. The van der Waals surface area contributed by atoms with Gasteiger partial charge in [0.2, 0.25) is 10.0 Å². The summed E-state index contributed by atoms with van der Waals surface area (Å²) in [5.74, 6) is 0. The molecule has 0 aliphatic heterocycles. The van der Waals surface area contributed by atoms with Crippen LogP contribution in [0.4, 0.5) is 0 Å². The van der Waals surface area contributed by atoms with Crippen molar-refractivity contribution in [3.63, 3.8) is 0 Å². The van der Waals surface area contributed by atoms with Crippen LogP contribution in [-0.4, -0.2) is 32.9 Å². The highest BCUT2D eigenvalue weighted by Crippen LogP contribution is 2.18. The van der Waals surface area contributed by atoms with Crippen LogP contribution in [0.2, 0.25) is 0 Å². The van der Waals surface area contributed by atoms with Crippen molar-refractivity contribution >= 4 is 10.0 Å². The van der Waals surface area contributed by atoms with Gasteiger partial charge in [-0.2, -0.15) is 9.57 Å². The van der Waals surface area contributed by atoms with E-state index in [9.17, 15) is 8.42 Å². The lowest BCUT2D eigenvalue weighted by molar-refractivity contribution is 0.476. The van der Waals surface area contributed by atoms with Crippen molar-refractivity contribution < 1.29 is 8.42 Å². The van der Waals surface area contributed by atoms with Crippen molar-refractivity contribution in [2.45, 2.75) is 31.2 Å². The minimum absolute atomic E-state index is 0.186. The summed E-state index contributed by atoms with van der Waals surface area (Å²) in [6.45, 7) is 5.12. The summed E-state index contributed by atoms with van der Waals surface area (Å²) >= 11 is 0. The Balaban J connectivity index is 2.90. The van der Waals surface area contributed by atoms with E-state index in [-0.39, 0.29) is 23.9 Å². The largest absolute Gasteiger partial charge is 0.310 e. The minimum Gasteiger partial charge on any atom is -0.310 e. The third-order valence-electron chi connectivity index (χ3n) is 3.14. The first-order valence-corrected chi connectivity index (χ1v) is 8.04. The topological polar surface area (TPSA) is 73.2 Å². The Kier molecular flexibility index (Phi) is 6.14. The first kappa shape index (κ1) is 16.6. The van der Waals surface area contributed by atoms with Gasteiger partial charge in [-0.25, -0.2) is 8.42 Å². The maximum atomic E-state index is 12.2. The number of hydrogen-bond donors (Lipinski definition) is 1. The average molecular weight is 295 g/mol. The van der Waals surface area contributed by atoms with E-state index in [0.29, 0.717) is 0 Å². The van der Waals surface area contributed by atoms with Crippen LogP contribution in [0.25, 0.3) is 0 Å². The lowest BCUT2D eigenvalue weighted by Crippen LogP contribution is -2.27. The molecule has 1 unspecified atom stereocenters. The zero-order chi connectivity index (χ0) is 15.2. The summed E-state index contributed by atoms with van der Waals surface area (Å²) in [5, 5.41) is 11.8. The van der Waals surface area contributed by atoms with E-state index < -0.39 is 10.0 Å². The van der Waals surface area contributed by atoms with Gasteiger partial charge < -0.3 is 5.32 Å². The molecule has 0 amide bonds. The van der Waals surface area contributed by atoms with Gasteiger partial charge in [0, 0.05) is 26.1 Å². The smallest absolute Gasteiger partial charge is 0.242 e. The van der Waals surface area contributed by atoms with E-state index in [1.54, 1.807) is 12.1 Å². The molecule has 0 aliphatic carbocycles. The number of sulfonamides is 1. The van der Waals surface area contributed by atoms with Gasteiger partial charge in [-0.05, 0) is 31.2 Å². The average Bonchev–Trinajstić information content (AvgIpc) is 2.45. The molecule has 0 aromatic heterocycles. The highest BCUT2D eigenvalue weighted by atomic mass is 32.2. The molecule has 1 N–H and O–H groups in total. The number of hydrogen-bond acceptors (Lipinski definition) is 4. The third kappa shape index (κ3) is 4.04. The summed E-state index contributed by atoms with van der Waals surface area (Å²) in [5.41, 5.74) is 1.05. The van der Waals surface area contributed by atoms with E-state index in [1.807, 2.05) is 32.0 Å². The van der Waals surface area contributed by atoms with Crippen molar-refractivity contribution in [3.8, 4) is 6.07 Å². The molecule has 1 aromatic rings. The SMILES string of the molecule is CCNC(C)c1ccc(S(=O)(=O)N(C)CCC#N)cc1. The van der Waals surface area contributed by atoms with Gasteiger partial charge in [-0.3, -0.25) is 0 Å². The van der Waals surface area contributed by atoms with Gasteiger partial charge in [0.05, 0.1) is 11.0 Å². The van der Waals surface area contributed by atoms with Crippen LogP contribution >= 0.6 is 0 Å². The van der Waals surface area contributed by atoms with Crippen molar-refractivity contribution in [2.75, 3.05) is 20.1 Å². The number of nitrogens with one attached hydrogen (secondary N) is 1. The molecule has 0 bridgehead atoms. The lowest BCUT2D eigenvalue weighted by atomic mass is 10.1. The first-order valence-electron chi connectivity index (χ1n) is 6.60. The van der Waals surface area contributed by atoms with Crippen molar-refractivity contribution in [2.24, 2.45) is 0 Å². The van der Waals surface area contributed by atoms with Gasteiger partial charge in [0.1, 0.15) is 0 Å². The zero-order valence-electron chi connectivity index (χ0n) is 12.1. The van der Waals surface area contributed by atoms with E-state index >= 15 is 0 Å². The van der Waals surface area contributed by atoms with Crippen LogP contribution in [0.1, 0.15) is 31.9 Å². The molecular formula is C14H21N3O2S. The number of rotatable bonds is 7. The number of nitrogens with zero attached hydrogens (tertiary/aromatic N) is 2. The molecule has 1 atom stereocenters. The predicted octanol–water partition coefficient (Wildman–Crippen LogP) is 1.89. The molecule has 110 valence electrons. The number of nitriles is 1. The highest BCUT2D eigenvalue weighted by molar-refractivity contribution is 7.89. The van der Waals surface area contributed by atoms with Gasteiger partial charge >= 0.3 is 0 Å². The van der Waals surface area contributed by atoms with E-state index in [4.69, 9.17) is 5.26 Å². The fourth-order valence-corrected chi connectivity index (χ4v) is 3.03. The molecule has 0 heterocycles. The molecule has 1 aromatic carbocycles. The molecular weight excluding hydrogens is 274 g/mol. The van der Waals surface area contributed by atoms with Crippen LogP contribution in [-0.2, 0) is 10.0 Å². The van der Waals surface area contributed by atoms with E-state index in [2.05, 4.69) is 5.32 Å². The fourth-order valence-electron chi connectivity index (χ4n) is 1.86. The second kappa shape index (κ2) is 7.39. The summed E-state index contributed by atoms with van der Waals surface area (Å²) in [6, 6.07) is 8.99. The minimum atomic E-state index is -3.50. The van der Waals surface area contributed by atoms with E-state index in [1.165, 1.54) is 11.4 Å². The Hall–Kier alpha value is -1.42. The Morgan fingerprint density at radius 2 is 1.95 bits per heavy atom. The Morgan fingerprint density at radius 3 is 2.45 bits per heavy atom. The van der Waals surface area contributed by atoms with Crippen LogP contribution in [0.15, 0.2) is 29.2 Å². The molecule has 0 aliphatic rings. The lowest BCUT2D eigenvalue weighted by Gasteiger charge is -2.17. The van der Waals surface area contributed by atoms with Crippen LogP contribution in [0.3, 0.4) is 0 Å². The molecule has 0 fully saturated rings. The second-order valence-corrected chi connectivity index (χ2v) is 6.63. The zero-order valence-corrected chi connectivity index (χ0v) is 12.9. The second-order valence-electron chi connectivity index (χ2n) is 4.58. The molecule has 0 saturated heterocycles. The normalized spacial score (nSPS) is 13.2. The summed E-state index contributed by atoms with van der Waals surface area (Å²) in [6.07, 6.45) is 0.186. The first-order chi connectivity index (χ1) is 9.43. The summed E-state index contributed by atoms with van der Waals surface area (Å²) in [4.78, 5) is 0.255. The third-order valence-corrected chi connectivity index (χ3v) is 5.01. The van der Waals surface area contributed by atoms with Gasteiger partial charge in [-0.15, -0.1) is 0 Å². The van der Waals surface area contributed by atoms with Crippen molar-refractivity contribution in [1.29, 1.82) is 5.26 Å². The standard InChI is InChI=1S/C14H21N3O2S/c1-4-16-12(2)13-6-8-14(9-7-13)20(18,19)17(3)11-5-10-15/h6-9,12,16H,4-5,11H2,1-3H3. The van der Waals surface area contributed by atoms with Crippen LogP contribution in [0, 0.1) is 11.3 Å². The molecule has 20 heavy (non-hydrogen) atoms. The maximum absolute atomic E-state index is 12.2. The molecule has 0 radical (unpaired) electrons. The molecule has 1 rings (SSSR count). The van der Waals surface area contributed by atoms with Gasteiger partial charge in [0.15, 0.2) is 0 Å². The Labute approximate surface area is 121 Å². The van der Waals surface area contributed by atoms with Crippen LogP contribution < -0.4 is 5.32 Å². The monoisotopic (exact) mass is 295 g/mol. The molecule has 5 nitrogen and oxygen atoms in total. The van der Waals surface area contributed by atoms with Gasteiger partial charge in [0.25, 0.3) is 0 Å². The summed E-state index contributed by atoms with van der Waals surface area (Å²) in [7, 11) is -2.02. The number of benzene rings is 1. The van der Waals surface area contributed by atoms with Crippen LogP contribution in [0.5, 0.6) is 0 Å². The molecule has 0 spiro atoms. The maximum Gasteiger partial charge on any atom is 0.242 e.